The van der Waals surface area contributed by atoms with Crippen molar-refractivity contribution in [3.8, 4) is 0 Å². The number of thiophene rings is 1. The molecular weight excluding hydrogens is 326 g/mol. The second kappa shape index (κ2) is 5.89. The standard InChI is InChI=1S/C16H13N5O2S/c22-14(13-10-3-1-2-4-12(10)19-20-13)17-6-7-21-9-18-15-11(16(21)23)5-8-24-15/h1-5,8-9H,6-7H2,(H,17,22)(H,19,20). The molecule has 0 aliphatic heterocycles. The van der Waals surface area contributed by atoms with Gasteiger partial charge in [-0.3, -0.25) is 19.3 Å². The minimum atomic E-state index is -0.273. The maximum absolute atomic E-state index is 12.3. The van der Waals surface area contributed by atoms with E-state index in [1.165, 1.54) is 22.2 Å². The van der Waals surface area contributed by atoms with Crippen LogP contribution >= 0.6 is 11.3 Å². The molecule has 1 aromatic carbocycles. The highest BCUT2D eigenvalue weighted by Gasteiger charge is 2.13. The Hall–Kier alpha value is -3.00. The average Bonchev–Trinajstić information content (AvgIpc) is 3.23. The molecule has 4 rings (SSSR count). The van der Waals surface area contributed by atoms with Gasteiger partial charge in [0.2, 0.25) is 0 Å². The van der Waals surface area contributed by atoms with Gasteiger partial charge < -0.3 is 5.32 Å². The van der Waals surface area contributed by atoms with Gasteiger partial charge in [0.15, 0.2) is 5.69 Å². The quantitative estimate of drug-likeness (QED) is 0.592. The highest BCUT2D eigenvalue weighted by Crippen LogP contribution is 2.15. The van der Waals surface area contributed by atoms with Crippen molar-refractivity contribution in [3.63, 3.8) is 0 Å². The van der Waals surface area contributed by atoms with Crippen molar-refractivity contribution in [1.29, 1.82) is 0 Å². The zero-order valence-electron chi connectivity index (χ0n) is 12.5. The van der Waals surface area contributed by atoms with Crippen LogP contribution in [0.1, 0.15) is 10.5 Å². The molecule has 2 N–H and O–H groups in total. The summed E-state index contributed by atoms with van der Waals surface area (Å²) in [6.45, 7) is 0.670. The maximum Gasteiger partial charge on any atom is 0.272 e. The van der Waals surface area contributed by atoms with E-state index in [1.54, 1.807) is 6.07 Å². The number of rotatable bonds is 4. The number of carbonyl (C=O) groups excluding carboxylic acids is 1. The van der Waals surface area contributed by atoms with E-state index < -0.39 is 0 Å². The van der Waals surface area contributed by atoms with E-state index in [4.69, 9.17) is 0 Å². The van der Waals surface area contributed by atoms with Crippen molar-refractivity contribution in [3.05, 3.63) is 58.1 Å². The topological polar surface area (TPSA) is 92.7 Å². The second-order valence-corrected chi connectivity index (χ2v) is 6.15. The van der Waals surface area contributed by atoms with Crippen LogP contribution in [-0.4, -0.2) is 32.2 Å². The largest absolute Gasteiger partial charge is 0.349 e. The van der Waals surface area contributed by atoms with Crippen LogP contribution in [0.4, 0.5) is 0 Å². The monoisotopic (exact) mass is 339 g/mol. The van der Waals surface area contributed by atoms with Crippen LogP contribution in [0.2, 0.25) is 0 Å². The Morgan fingerprint density at radius 1 is 1.25 bits per heavy atom. The van der Waals surface area contributed by atoms with Gasteiger partial charge in [0.1, 0.15) is 4.83 Å². The van der Waals surface area contributed by atoms with Crippen LogP contribution in [0.3, 0.4) is 0 Å². The average molecular weight is 339 g/mol. The normalized spacial score (nSPS) is 11.2. The summed E-state index contributed by atoms with van der Waals surface area (Å²) in [6.07, 6.45) is 1.51. The number of hydrogen-bond acceptors (Lipinski definition) is 5. The molecule has 7 nitrogen and oxygen atoms in total. The van der Waals surface area contributed by atoms with Gasteiger partial charge in [-0.15, -0.1) is 11.3 Å². The molecule has 0 bridgehead atoms. The fourth-order valence-corrected chi connectivity index (χ4v) is 3.29. The van der Waals surface area contributed by atoms with Gasteiger partial charge in [0.25, 0.3) is 11.5 Å². The number of para-hydroxylation sites is 1. The molecule has 0 aliphatic carbocycles. The van der Waals surface area contributed by atoms with E-state index in [2.05, 4.69) is 20.5 Å². The molecule has 0 aliphatic rings. The number of nitrogens with one attached hydrogen (secondary N) is 2. The molecule has 0 saturated carbocycles. The van der Waals surface area contributed by atoms with Gasteiger partial charge in [-0.05, 0) is 17.5 Å². The number of fused-ring (bicyclic) bond motifs is 2. The Labute approximate surface area is 140 Å². The lowest BCUT2D eigenvalue weighted by atomic mass is 10.2. The molecular formula is C16H13N5O2S. The summed E-state index contributed by atoms with van der Waals surface area (Å²) < 4.78 is 1.50. The fourth-order valence-electron chi connectivity index (χ4n) is 2.56. The summed E-state index contributed by atoms with van der Waals surface area (Å²) in [5.74, 6) is -0.273. The first-order valence-electron chi connectivity index (χ1n) is 7.38. The van der Waals surface area contributed by atoms with Gasteiger partial charge in [-0.2, -0.15) is 5.10 Å². The Bertz CT molecular complexity index is 1090. The number of benzene rings is 1. The van der Waals surface area contributed by atoms with Crippen molar-refractivity contribution < 1.29 is 4.79 Å². The van der Waals surface area contributed by atoms with E-state index in [-0.39, 0.29) is 11.5 Å². The number of aromatic nitrogens is 4. The van der Waals surface area contributed by atoms with E-state index >= 15 is 0 Å². The Morgan fingerprint density at radius 2 is 2.12 bits per heavy atom. The molecule has 24 heavy (non-hydrogen) atoms. The summed E-state index contributed by atoms with van der Waals surface area (Å²) in [5, 5.41) is 12.9. The SMILES string of the molecule is O=C(NCCn1cnc2sccc2c1=O)c1n[nH]c2ccccc12. The number of amides is 1. The van der Waals surface area contributed by atoms with Crippen LogP contribution in [0.15, 0.2) is 46.8 Å². The van der Waals surface area contributed by atoms with Crippen molar-refractivity contribution in [2.45, 2.75) is 6.54 Å². The van der Waals surface area contributed by atoms with Gasteiger partial charge >= 0.3 is 0 Å². The minimum Gasteiger partial charge on any atom is -0.349 e. The summed E-state index contributed by atoms with van der Waals surface area (Å²) in [4.78, 5) is 29.5. The Balaban J connectivity index is 1.47. The number of hydrogen-bond donors (Lipinski definition) is 2. The number of H-pyrrole nitrogens is 1. The number of aromatic amines is 1. The first kappa shape index (κ1) is 14.6. The van der Waals surface area contributed by atoms with E-state index in [9.17, 15) is 9.59 Å². The van der Waals surface area contributed by atoms with Crippen molar-refractivity contribution in [2.75, 3.05) is 6.54 Å². The van der Waals surface area contributed by atoms with Crippen LogP contribution in [0.5, 0.6) is 0 Å². The lowest BCUT2D eigenvalue weighted by Crippen LogP contribution is -2.31. The molecule has 0 saturated heterocycles. The molecule has 0 unspecified atom stereocenters. The first-order valence-corrected chi connectivity index (χ1v) is 8.26. The van der Waals surface area contributed by atoms with E-state index in [0.717, 1.165) is 15.7 Å². The third-order valence-electron chi connectivity index (χ3n) is 3.77. The molecule has 3 heterocycles. The zero-order valence-corrected chi connectivity index (χ0v) is 13.3. The molecule has 0 fully saturated rings. The zero-order chi connectivity index (χ0) is 16.5. The summed E-state index contributed by atoms with van der Waals surface area (Å²) >= 11 is 1.43. The number of carbonyl (C=O) groups is 1. The summed E-state index contributed by atoms with van der Waals surface area (Å²) in [6, 6.07) is 9.20. The first-order chi connectivity index (χ1) is 11.7. The Morgan fingerprint density at radius 3 is 3.04 bits per heavy atom. The highest BCUT2D eigenvalue weighted by molar-refractivity contribution is 7.16. The van der Waals surface area contributed by atoms with Crippen molar-refractivity contribution >= 4 is 38.4 Å². The number of nitrogens with zero attached hydrogens (tertiary/aromatic N) is 3. The molecule has 3 aromatic heterocycles. The van der Waals surface area contributed by atoms with Crippen molar-refractivity contribution in [1.82, 2.24) is 25.1 Å². The van der Waals surface area contributed by atoms with Gasteiger partial charge in [-0.1, -0.05) is 18.2 Å². The van der Waals surface area contributed by atoms with E-state index in [1.807, 2.05) is 29.6 Å². The van der Waals surface area contributed by atoms with Crippen LogP contribution in [-0.2, 0) is 6.54 Å². The predicted molar refractivity (Wildman–Crippen MR) is 92.3 cm³/mol. The third kappa shape index (κ3) is 2.46. The Kier molecular flexibility index (Phi) is 3.58. The molecule has 120 valence electrons. The van der Waals surface area contributed by atoms with Crippen LogP contribution < -0.4 is 10.9 Å². The molecule has 0 spiro atoms. The summed E-state index contributed by atoms with van der Waals surface area (Å²) in [5.41, 5.74) is 1.07. The fraction of sp³-hybridized carbons (Fsp3) is 0.125. The molecule has 8 heteroatoms. The lowest BCUT2D eigenvalue weighted by molar-refractivity contribution is 0.0948. The van der Waals surface area contributed by atoms with E-state index in [0.29, 0.717) is 24.2 Å². The smallest absolute Gasteiger partial charge is 0.272 e. The van der Waals surface area contributed by atoms with Crippen molar-refractivity contribution in [2.24, 2.45) is 0 Å². The highest BCUT2D eigenvalue weighted by atomic mass is 32.1. The lowest BCUT2D eigenvalue weighted by Gasteiger charge is -2.06. The molecule has 1 amide bonds. The molecule has 4 aromatic rings. The van der Waals surface area contributed by atoms with Gasteiger partial charge in [0, 0.05) is 18.5 Å². The van der Waals surface area contributed by atoms with Gasteiger partial charge in [0.05, 0.1) is 17.2 Å². The minimum absolute atomic E-state index is 0.0966. The molecule has 0 atom stereocenters. The third-order valence-corrected chi connectivity index (χ3v) is 4.59. The molecule has 0 radical (unpaired) electrons. The summed E-state index contributed by atoms with van der Waals surface area (Å²) in [7, 11) is 0. The van der Waals surface area contributed by atoms with Crippen LogP contribution in [0, 0.1) is 0 Å². The maximum atomic E-state index is 12.3. The second-order valence-electron chi connectivity index (χ2n) is 5.26. The van der Waals surface area contributed by atoms with Crippen LogP contribution in [0.25, 0.3) is 21.1 Å². The predicted octanol–water partition coefficient (Wildman–Crippen LogP) is 1.76. The van der Waals surface area contributed by atoms with Gasteiger partial charge in [-0.25, -0.2) is 4.98 Å².